The molecular weight excluding hydrogens is 381 g/mol. The number of fused-ring (bicyclic) bond motifs is 1. The van der Waals surface area contributed by atoms with Gasteiger partial charge in [-0.1, -0.05) is 42.5 Å². The van der Waals surface area contributed by atoms with Crippen molar-refractivity contribution in [3.8, 4) is 0 Å². The quantitative estimate of drug-likeness (QED) is 0.609. The van der Waals surface area contributed by atoms with Gasteiger partial charge in [-0.2, -0.15) is 0 Å². The summed E-state index contributed by atoms with van der Waals surface area (Å²) in [5, 5.41) is 1.76. The molecule has 1 atom stereocenters. The summed E-state index contributed by atoms with van der Waals surface area (Å²) in [5.41, 5.74) is 0.659. The van der Waals surface area contributed by atoms with Crippen LogP contribution in [-0.2, 0) is 19.6 Å². The number of hydrogen-bond acceptors (Lipinski definition) is 4. The highest BCUT2D eigenvalue weighted by Crippen LogP contribution is 2.19. The highest BCUT2D eigenvalue weighted by Gasteiger charge is 2.16. The zero-order chi connectivity index (χ0) is 20.1. The number of carbonyl (C=O) groups is 1. The van der Waals surface area contributed by atoms with Crippen molar-refractivity contribution < 1.29 is 22.3 Å². The molecule has 0 spiro atoms. The fraction of sp³-hybridized carbons (Fsp3) is 0.190. The van der Waals surface area contributed by atoms with Crippen molar-refractivity contribution in [3.63, 3.8) is 0 Å². The molecule has 28 heavy (non-hydrogen) atoms. The maximum absolute atomic E-state index is 12.9. The molecule has 1 unspecified atom stereocenters. The summed E-state index contributed by atoms with van der Waals surface area (Å²) in [6, 6.07) is 18.0. The third kappa shape index (κ3) is 4.94. The second kappa shape index (κ2) is 8.50. The predicted molar refractivity (Wildman–Crippen MR) is 105 cm³/mol. The molecule has 3 rings (SSSR count). The third-order valence-electron chi connectivity index (χ3n) is 4.30. The first-order chi connectivity index (χ1) is 13.3. The third-order valence-corrected chi connectivity index (χ3v) is 5.76. The molecule has 146 valence electrons. The second-order valence-electron chi connectivity index (χ2n) is 6.34. The van der Waals surface area contributed by atoms with E-state index in [0.717, 1.165) is 10.8 Å². The molecule has 0 aromatic heterocycles. The van der Waals surface area contributed by atoms with Gasteiger partial charge in [0.05, 0.1) is 11.3 Å². The van der Waals surface area contributed by atoms with E-state index in [1.165, 1.54) is 30.3 Å². The molecule has 1 N–H and O–H groups in total. The molecule has 0 fully saturated rings. The summed E-state index contributed by atoms with van der Waals surface area (Å²) in [6.45, 7) is 1.59. The average molecular weight is 401 g/mol. The lowest BCUT2D eigenvalue weighted by molar-refractivity contribution is -0.148. The van der Waals surface area contributed by atoms with Gasteiger partial charge in [0, 0.05) is 6.54 Å². The Hall–Kier alpha value is -2.77. The summed E-state index contributed by atoms with van der Waals surface area (Å²) in [6.07, 6.45) is -0.663. The molecule has 3 aromatic carbocycles. The van der Waals surface area contributed by atoms with Gasteiger partial charge in [-0.25, -0.2) is 17.5 Å². The average Bonchev–Trinajstić information content (AvgIpc) is 2.68. The number of hydrogen-bond donors (Lipinski definition) is 1. The highest BCUT2D eigenvalue weighted by molar-refractivity contribution is 7.89. The topological polar surface area (TPSA) is 72.5 Å². The van der Waals surface area contributed by atoms with Crippen molar-refractivity contribution in [1.29, 1.82) is 0 Å². The first-order valence-corrected chi connectivity index (χ1v) is 10.3. The molecule has 0 aliphatic carbocycles. The van der Waals surface area contributed by atoms with E-state index >= 15 is 0 Å². The van der Waals surface area contributed by atoms with Crippen molar-refractivity contribution in [2.24, 2.45) is 0 Å². The van der Waals surface area contributed by atoms with Crippen LogP contribution in [0.5, 0.6) is 0 Å². The van der Waals surface area contributed by atoms with Gasteiger partial charge in [0.2, 0.25) is 10.0 Å². The van der Waals surface area contributed by atoms with E-state index in [9.17, 15) is 17.6 Å². The number of halogens is 1. The van der Waals surface area contributed by atoms with Crippen LogP contribution in [0.2, 0.25) is 0 Å². The summed E-state index contributed by atoms with van der Waals surface area (Å²) in [7, 11) is -3.73. The van der Waals surface area contributed by atoms with Gasteiger partial charge in [-0.3, -0.25) is 4.79 Å². The molecule has 0 saturated carbocycles. The predicted octanol–water partition coefficient (Wildman–Crippen LogP) is 3.95. The zero-order valence-electron chi connectivity index (χ0n) is 15.3. The fourth-order valence-corrected chi connectivity index (χ4v) is 3.83. The van der Waals surface area contributed by atoms with Crippen LogP contribution < -0.4 is 4.72 Å². The maximum Gasteiger partial charge on any atom is 0.307 e. The smallest absolute Gasteiger partial charge is 0.307 e. The van der Waals surface area contributed by atoms with Crippen LogP contribution in [0.4, 0.5) is 4.39 Å². The number of rotatable bonds is 7. The van der Waals surface area contributed by atoms with Gasteiger partial charge in [-0.15, -0.1) is 0 Å². The van der Waals surface area contributed by atoms with E-state index in [2.05, 4.69) is 4.72 Å². The summed E-state index contributed by atoms with van der Waals surface area (Å²) >= 11 is 0. The van der Waals surface area contributed by atoms with E-state index in [1.807, 2.05) is 24.3 Å². The highest BCUT2D eigenvalue weighted by atomic mass is 32.2. The van der Waals surface area contributed by atoms with E-state index in [1.54, 1.807) is 19.1 Å². The Balaban J connectivity index is 1.55. The lowest BCUT2D eigenvalue weighted by atomic mass is 10.1. The summed E-state index contributed by atoms with van der Waals surface area (Å²) in [4.78, 5) is 12.1. The van der Waals surface area contributed by atoms with Gasteiger partial charge in [0.25, 0.3) is 0 Å². The minimum Gasteiger partial charge on any atom is -0.458 e. The number of sulfonamides is 1. The Morgan fingerprint density at radius 3 is 2.43 bits per heavy atom. The van der Waals surface area contributed by atoms with Crippen molar-refractivity contribution in [2.45, 2.75) is 24.3 Å². The number of ether oxygens (including phenoxy) is 1. The minimum absolute atomic E-state index is 0.0792. The van der Waals surface area contributed by atoms with Gasteiger partial charge < -0.3 is 4.74 Å². The lowest BCUT2D eigenvalue weighted by Crippen LogP contribution is -2.27. The number of esters is 1. The second-order valence-corrected chi connectivity index (χ2v) is 8.11. The fourth-order valence-electron chi connectivity index (χ4n) is 2.76. The Bertz CT molecular complexity index is 1080. The van der Waals surface area contributed by atoms with Crippen molar-refractivity contribution in [2.75, 3.05) is 6.54 Å². The Morgan fingerprint density at radius 1 is 1.04 bits per heavy atom. The van der Waals surface area contributed by atoms with E-state index in [-0.39, 0.29) is 23.7 Å². The summed E-state index contributed by atoms with van der Waals surface area (Å²) < 4.78 is 45.5. The molecule has 7 heteroatoms. The molecule has 0 saturated heterocycles. The SMILES string of the molecule is CC(OC(=O)CCNS(=O)(=O)c1ccc2ccccc2c1)c1ccc(F)cc1. The van der Waals surface area contributed by atoms with Crippen LogP contribution in [0.3, 0.4) is 0 Å². The first-order valence-electron chi connectivity index (χ1n) is 8.78. The molecule has 0 aliphatic heterocycles. The van der Waals surface area contributed by atoms with Crippen LogP contribution in [0, 0.1) is 5.82 Å². The van der Waals surface area contributed by atoms with E-state index in [0.29, 0.717) is 5.56 Å². The van der Waals surface area contributed by atoms with Gasteiger partial charge in [-0.05, 0) is 47.5 Å². The van der Waals surface area contributed by atoms with E-state index < -0.39 is 22.1 Å². The standard InChI is InChI=1S/C21H20FNO4S/c1-15(16-6-9-19(22)10-7-16)27-21(24)12-13-23-28(25,26)20-11-8-17-4-2-3-5-18(17)14-20/h2-11,14-15,23H,12-13H2,1H3. The number of benzene rings is 3. The van der Waals surface area contributed by atoms with Crippen LogP contribution in [0.1, 0.15) is 25.0 Å². The molecular formula is C21H20FNO4S. The number of carbonyl (C=O) groups excluding carboxylic acids is 1. The largest absolute Gasteiger partial charge is 0.458 e. The molecule has 0 amide bonds. The molecule has 0 aliphatic rings. The maximum atomic E-state index is 12.9. The van der Waals surface area contributed by atoms with Crippen LogP contribution >= 0.6 is 0 Å². The molecule has 0 heterocycles. The monoisotopic (exact) mass is 401 g/mol. The Morgan fingerprint density at radius 2 is 1.71 bits per heavy atom. The van der Waals surface area contributed by atoms with Gasteiger partial charge in [0.1, 0.15) is 11.9 Å². The van der Waals surface area contributed by atoms with Crippen molar-refractivity contribution in [3.05, 3.63) is 78.1 Å². The minimum atomic E-state index is -3.73. The summed E-state index contributed by atoms with van der Waals surface area (Å²) in [5.74, 6) is -0.914. The van der Waals surface area contributed by atoms with E-state index in [4.69, 9.17) is 4.74 Å². The van der Waals surface area contributed by atoms with Crippen molar-refractivity contribution in [1.82, 2.24) is 4.72 Å². The van der Waals surface area contributed by atoms with Crippen LogP contribution in [0.15, 0.2) is 71.6 Å². The van der Waals surface area contributed by atoms with Gasteiger partial charge in [0.15, 0.2) is 0 Å². The lowest BCUT2D eigenvalue weighted by Gasteiger charge is -2.14. The van der Waals surface area contributed by atoms with Gasteiger partial charge >= 0.3 is 5.97 Å². The first kappa shape index (κ1) is 20.0. The normalized spacial score (nSPS) is 12.6. The Labute approximate surface area is 163 Å². The molecule has 0 radical (unpaired) electrons. The van der Waals surface area contributed by atoms with Crippen LogP contribution in [0.25, 0.3) is 10.8 Å². The number of nitrogens with one attached hydrogen (secondary N) is 1. The van der Waals surface area contributed by atoms with Crippen LogP contribution in [-0.4, -0.2) is 20.9 Å². The molecule has 3 aromatic rings. The molecule has 0 bridgehead atoms. The van der Waals surface area contributed by atoms with Crippen molar-refractivity contribution >= 4 is 26.8 Å². The Kier molecular flexibility index (Phi) is 6.06. The molecule has 5 nitrogen and oxygen atoms in total. The zero-order valence-corrected chi connectivity index (χ0v) is 16.1.